The molecule has 1 fully saturated rings. The van der Waals surface area contributed by atoms with Gasteiger partial charge in [0.1, 0.15) is 0 Å². The van der Waals surface area contributed by atoms with Crippen LogP contribution in [-0.4, -0.2) is 49.6 Å². The van der Waals surface area contributed by atoms with Gasteiger partial charge in [0.05, 0.1) is 0 Å². The van der Waals surface area contributed by atoms with E-state index in [1.54, 1.807) is 0 Å². The predicted octanol–water partition coefficient (Wildman–Crippen LogP) is 2.11. The molecule has 1 saturated heterocycles. The third-order valence-corrected chi connectivity index (χ3v) is 5.34. The Morgan fingerprint density at radius 1 is 1.19 bits per heavy atom. The van der Waals surface area contributed by atoms with E-state index in [4.69, 9.17) is 11.6 Å². The molecule has 0 amide bonds. The molecular weight excluding hydrogens is 335 g/mol. The molecule has 1 aromatic carbocycles. The van der Waals surface area contributed by atoms with Crippen LogP contribution < -0.4 is 0 Å². The molecule has 1 aromatic rings. The Morgan fingerprint density at radius 2 is 1.75 bits per heavy atom. The normalized spacial score (nSPS) is 26.5. The van der Waals surface area contributed by atoms with Gasteiger partial charge in [-0.15, -0.1) is 0 Å². The van der Waals surface area contributed by atoms with Gasteiger partial charge in [-0.05, 0) is 0 Å². The molecule has 0 spiro atoms. The molecule has 2 rings (SSSR count). The van der Waals surface area contributed by atoms with Gasteiger partial charge in [0.15, 0.2) is 0 Å². The fourth-order valence-electron chi connectivity index (χ4n) is 2.26. The van der Waals surface area contributed by atoms with Crippen molar-refractivity contribution in [1.82, 2.24) is 10.0 Å². The number of rotatable bonds is 1. The zero-order chi connectivity index (χ0) is 11.9. The van der Waals surface area contributed by atoms with Gasteiger partial charge in [-0.25, -0.2) is 0 Å². The van der Waals surface area contributed by atoms with E-state index in [2.05, 4.69) is 65.0 Å². The van der Waals surface area contributed by atoms with Crippen molar-refractivity contribution in [2.24, 2.45) is 5.92 Å². The van der Waals surface area contributed by atoms with Gasteiger partial charge in [-0.1, -0.05) is 0 Å². The van der Waals surface area contributed by atoms with Gasteiger partial charge >= 0.3 is 115 Å². The van der Waals surface area contributed by atoms with E-state index in [9.17, 15) is 0 Å². The monoisotopic (exact) mass is 352 g/mol. The van der Waals surface area contributed by atoms with Crippen molar-refractivity contribution in [3.05, 3.63) is 34.9 Å². The van der Waals surface area contributed by atoms with Crippen LogP contribution in [0.3, 0.4) is 0 Å². The Labute approximate surface area is 115 Å². The number of benzene rings is 1. The van der Waals surface area contributed by atoms with Gasteiger partial charge in [-0.2, -0.15) is 0 Å². The van der Waals surface area contributed by atoms with Crippen LogP contribution in [0.4, 0.5) is 0 Å². The molecule has 1 aliphatic heterocycles. The van der Waals surface area contributed by atoms with Gasteiger partial charge in [0.2, 0.25) is 0 Å². The Bertz CT molecular complexity index is 404. The summed E-state index contributed by atoms with van der Waals surface area (Å²) in [5, 5.41) is 5.31. The number of nitrogens with zero attached hydrogens (tertiary/aromatic N) is 2. The van der Waals surface area contributed by atoms with E-state index >= 15 is 0 Å². The maximum absolute atomic E-state index is 5.92. The van der Waals surface area contributed by atoms with Gasteiger partial charge in [0, 0.05) is 0 Å². The summed E-state index contributed by atoms with van der Waals surface area (Å²) in [5.41, 5.74) is 1.32. The third-order valence-electron chi connectivity index (χ3n) is 3.27. The van der Waals surface area contributed by atoms with E-state index in [0.717, 1.165) is 5.02 Å². The van der Waals surface area contributed by atoms with E-state index in [1.165, 1.54) is 9.24 Å². The molecule has 1 aliphatic rings. The van der Waals surface area contributed by atoms with Crippen molar-refractivity contribution >= 4 is 37.1 Å². The molecule has 0 aliphatic carbocycles. The summed E-state index contributed by atoms with van der Waals surface area (Å²) >= 11 is 8.03. The summed E-state index contributed by atoms with van der Waals surface area (Å²) in [6.07, 6.45) is 0. The van der Waals surface area contributed by atoms with E-state index in [1.807, 2.05) is 12.1 Å². The van der Waals surface area contributed by atoms with Crippen LogP contribution in [0.15, 0.2) is 24.3 Å². The first-order valence-electron chi connectivity index (χ1n) is 5.28. The quantitative estimate of drug-likeness (QED) is 0.716. The molecule has 2 unspecified atom stereocenters. The minimum absolute atomic E-state index is 0.421. The first-order valence-corrected chi connectivity index (χ1v) is 6.82. The van der Waals surface area contributed by atoms with Crippen LogP contribution >= 0.6 is 11.6 Å². The van der Waals surface area contributed by atoms with Crippen LogP contribution in [0, 0.1) is 5.92 Å². The Kier molecular flexibility index (Phi) is 3.61. The summed E-state index contributed by atoms with van der Waals surface area (Å²) in [6.45, 7) is 2.27. The van der Waals surface area contributed by atoms with E-state index in [-0.39, 0.29) is 0 Å². The minimum atomic E-state index is 0.421. The molecule has 2 nitrogen and oxygen atoms in total. The van der Waals surface area contributed by atoms with Crippen LogP contribution in [-0.2, 0) is 0 Å². The van der Waals surface area contributed by atoms with Gasteiger partial charge in [0.25, 0.3) is 0 Å². The number of hydrogen-bond acceptors (Lipinski definition) is 2. The summed E-state index contributed by atoms with van der Waals surface area (Å²) in [7, 11) is 4.25. The topological polar surface area (TPSA) is 6.48 Å². The summed E-state index contributed by atoms with van der Waals surface area (Å²) in [6, 6.07) is 8.59. The second kappa shape index (κ2) is 4.66. The zero-order valence-corrected chi connectivity index (χ0v) is 12.7. The SMILES string of the molecule is CC1C(=[Te])N(C)N(C)C1c1ccc(Cl)cc1. The molecule has 86 valence electrons. The molecule has 0 radical (unpaired) electrons. The first kappa shape index (κ1) is 12.4. The number of halogens is 1. The number of hydrazine groups is 1. The molecule has 0 aromatic heterocycles. The fourth-order valence-corrected chi connectivity index (χ4v) is 3.12. The molecule has 2 atom stereocenters. The van der Waals surface area contributed by atoms with Crippen LogP contribution in [0.25, 0.3) is 0 Å². The molecule has 0 bridgehead atoms. The Hall–Kier alpha value is -0.0704. The Morgan fingerprint density at radius 3 is 2.19 bits per heavy atom. The average molecular weight is 350 g/mol. The summed E-state index contributed by atoms with van der Waals surface area (Å²) in [4.78, 5) is 0. The second-order valence-corrected chi connectivity index (χ2v) is 5.85. The second-order valence-electron chi connectivity index (χ2n) is 4.22. The van der Waals surface area contributed by atoms with Crippen LogP contribution in [0.5, 0.6) is 0 Å². The summed E-state index contributed by atoms with van der Waals surface area (Å²) in [5.74, 6) is 0.543. The van der Waals surface area contributed by atoms with Crippen molar-refractivity contribution in [2.75, 3.05) is 14.1 Å². The first-order chi connectivity index (χ1) is 7.52. The Balaban J connectivity index is 2.34. The molecule has 0 N–H and O–H groups in total. The number of hydrogen-bond donors (Lipinski definition) is 0. The zero-order valence-electron chi connectivity index (χ0n) is 9.64. The molecular formula is C12H15ClN2Te. The molecule has 0 saturated carbocycles. The van der Waals surface area contributed by atoms with Crippen LogP contribution in [0.2, 0.25) is 5.02 Å². The van der Waals surface area contributed by atoms with Crippen molar-refractivity contribution in [3.63, 3.8) is 0 Å². The average Bonchev–Trinajstić information content (AvgIpc) is 2.46. The third kappa shape index (κ3) is 2.02. The molecule has 16 heavy (non-hydrogen) atoms. The molecule has 4 heteroatoms. The fraction of sp³-hybridized carbons (Fsp3) is 0.417. The van der Waals surface area contributed by atoms with Crippen molar-refractivity contribution in [2.45, 2.75) is 13.0 Å². The van der Waals surface area contributed by atoms with E-state index < -0.39 is 0 Å². The van der Waals surface area contributed by atoms with Crippen molar-refractivity contribution in [3.8, 4) is 0 Å². The summed E-state index contributed by atoms with van der Waals surface area (Å²) < 4.78 is 1.42. The maximum atomic E-state index is 5.92. The predicted molar refractivity (Wildman–Crippen MR) is 69.6 cm³/mol. The van der Waals surface area contributed by atoms with E-state index in [0.29, 0.717) is 12.0 Å². The van der Waals surface area contributed by atoms with Gasteiger partial charge in [-0.3, -0.25) is 0 Å². The van der Waals surface area contributed by atoms with Gasteiger partial charge < -0.3 is 0 Å². The molecule has 1 heterocycles. The van der Waals surface area contributed by atoms with Crippen molar-refractivity contribution in [1.29, 1.82) is 0 Å². The standard InChI is InChI=1S/C12H15ClN2Te/c1-8-11(14(2)15(3)12(8)16)9-4-6-10(13)7-5-9/h4-8,11H,1-3H3. The van der Waals surface area contributed by atoms with Crippen molar-refractivity contribution < 1.29 is 0 Å². The van der Waals surface area contributed by atoms with Crippen LogP contribution in [0.1, 0.15) is 18.5 Å².